The molecule has 3 aromatic rings. The van der Waals surface area contributed by atoms with Gasteiger partial charge in [-0.2, -0.15) is 0 Å². The van der Waals surface area contributed by atoms with Gasteiger partial charge in [-0.15, -0.1) is 0 Å². The molecule has 1 heterocycles. The second-order valence-corrected chi connectivity index (χ2v) is 9.31. The number of thioether (sulfide) groups is 1. The molecule has 0 bridgehead atoms. The molecule has 8 heteroatoms. The van der Waals surface area contributed by atoms with Crippen LogP contribution in [0.2, 0.25) is 5.02 Å². The highest BCUT2D eigenvalue weighted by Crippen LogP contribution is 2.28. The molecule has 0 saturated carbocycles. The van der Waals surface area contributed by atoms with E-state index in [4.69, 9.17) is 16.7 Å². The average Bonchev–Trinajstić information content (AvgIpc) is 3.02. The number of nitrogens with two attached hydrogens (primary N) is 1. The monoisotopic (exact) mass is 421 g/mol. The number of aromatic nitrogens is 2. The molecule has 0 saturated heterocycles. The van der Waals surface area contributed by atoms with Crippen LogP contribution in [0.5, 0.6) is 0 Å². The summed E-state index contributed by atoms with van der Waals surface area (Å²) in [5.41, 5.74) is 3.18. The number of halogens is 1. The van der Waals surface area contributed by atoms with E-state index in [-0.39, 0.29) is 5.75 Å². The summed E-state index contributed by atoms with van der Waals surface area (Å²) in [6.45, 7) is 0.677. The van der Waals surface area contributed by atoms with E-state index in [1.54, 1.807) is 0 Å². The minimum absolute atomic E-state index is 0.0244. The normalized spacial score (nSPS) is 11.6. The third kappa shape index (κ3) is 5.84. The standard InChI is InChI=1S/C19H20ClN3O2S2/c20-17-9-7-16(8-10-17)18-13-22-19(26-11-4-12-27(21,24)25)23(18)14-15-5-2-1-3-6-15/h1-3,5-10,13H,4,11-12,14H2,(H2,21,24,25). The number of nitrogens with zero attached hydrogens (tertiary/aromatic N) is 2. The molecule has 27 heavy (non-hydrogen) atoms. The zero-order valence-electron chi connectivity index (χ0n) is 14.6. The quantitative estimate of drug-likeness (QED) is 0.440. The molecule has 0 spiro atoms. The molecule has 1 aromatic heterocycles. The van der Waals surface area contributed by atoms with Crippen LogP contribution in [0.25, 0.3) is 11.3 Å². The van der Waals surface area contributed by atoms with Crippen LogP contribution in [0.4, 0.5) is 0 Å². The lowest BCUT2D eigenvalue weighted by atomic mass is 10.1. The first-order valence-corrected chi connectivity index (χ1v) is 11.5. The van der Waals surface area contributed by atoms with Crippen molar-refractivity contribution in [3.63, 3.8) is 0 Å². The number of primary sulfonamides is 1. The Morgan fingerprint density at radius 1 is 1.07 bits per heavy atom. The fourth-order valence-corrected chi connectivity index (χ4v) is 4.44. The van der Waals surface area contributed by atoms with Gasteiger partial charge >= 0.3 is 0 Å². The lowest BCUT2D eigenvalue weighted by Gasteiger charge is -2.12. The van der Waals surface area contributed by atoms with Crippen molar-refractivity contribution >= 4 is 33.4 Å². The molecular formula is C19H20ClN3O2S2. The second-order valence-electron chi connectivity index (χ2n) is 6.07. The summed E-state index contributed by atoms with van der Waals surface area (Å²) in [4.78, 5) is 4.56. The minimum atomic E-state index is -3.43. The largest absolute Gasteiger partial charge is 0.314 e. The SMILES string of the molecule is NS(=O)(=O)CCCSc1ncc(-c2ccc(Cl)cc2)n1Cc1ccccc1. The second kappa shape index (κ2) is 8.93. The molecule has 0 unspecified atom stereocenters. The Morgan fingerprint density at radius 3 is 2.44 bits per heavy atom. The van der Waals surface area contributed by atoms with E-state index in [2.05, 4.69) is 21.7 Å². The van der Waals surface area contributed by atoms with Gasteiger partial charge in [0.15, 0.2) is 5.16 Å². The van der Waals surface area contributed by atoms with Crippen molar-refractivity contribution in [2.24, 2.45) is 5.14 Å². The van der Waals surface area contributed by atoms with E-state index >= 15 is 0 Å². The third-order valence-corrected chi connectivity index (χ3v) is 6.13. The van der Waals surface area contributed by atoms with Gasteiger partial charge in [-0.25, -0.2) is 18.5 Å². The summed E-state index contributed by atoms with van der Waals surface area (Å²) in [6.07, 6.45) is 2.33. The maximum absolute atomic E-state index is 11.1. The molecule has 0 aliphatic carbocycles. The summed E-state index contributed by atoms with van der Waals surface area (Å²) in [5.74, 6) is 0.603. The summed E-state index contributed by atoms with van der Waals surface area (Å²) in [6, 6.07) is 17.8. The fraction of sp³-hybridized carbons (Fsp3) is 0.211. The fourth-order valence-electron chi connectivity index (χ4n) is 2.67. The lowest BCUT2D eigenvalue weighted by Crippen LogP contribution is -2.16. The number of hydrogen-bond donors (Lipinski definition) is 1. The first kappa shape index (κ1) is 19.9. The van der Waals surface area contributed by atoms with Gasteiger partial charge < -0.3 is 4.57 Å². The summed E-state index contributed by atoms with van der Waals surface area (Å²) < 4.78 is 24.3. The highest BCUT2D eigenvalue weighted by atomic mass is 35.5. The van der Waals surface area contributed by atoms with Crippen molar-refractivity contribution in [1.29, 1.82) is 0 Å². The molecule has 0 atom stereocenters. The Labute approximate surface area is 168 Å². The van der Waals surface area contributed by atoms with Gasteiger partial charge in [-0.3, -0.25) is 0 Å². The molecule has 0 amide bonds. The first-order valence-electron chi connectivity index (χ1n) is 8.41. The highest BCUT2D eigenvalue weighted by molar-refractivity contribution is 7.99. The molecule has 142 valence electrons. The highest BCUT2D eigenvalue weighted by Gasteiger charge is 2.13. The van der Waals surface area contributed by atoms with E-state index in [1.165, 1.54) is 11.8 Å². The van der Waals surface area contributed by atoms with Crippen molar-refractivity contribution in [2.45, 2.75) is 18.1 Å². The van der Waals surface area contributed by atoms with E-state index in [0.717, 1.165) is 22.0 Å². The van der Waals surface area contributed by atoms with E-state index in [1.807, 2.05) is 48.7 Å². The van der Waals surface area contributed by atoms with Crippen molar-refractivity contribution in [3.05, 3.63) is 71.4 Å². The van der Waals surface area contributed by atoms with Crippen LogP contribution in [0.3, 0.4) is 0 Å². The van der Waals surface area contributed by atoms with E-state index in [9.17, 15) is 8.42 Å². The maximum atomic E-state index is 11.1. The molecule has 5 nitrogen and oxygen atoms in total. The van der Waals surface area contributed by atoms with E-state index < -0.39 is 10.0 Å². The van der Waals surface area contributed by atoms with Gasteiger partial charge in [0, 0.05) is 10.8 Å². The molecule has 0 aliphatic rings. The van der Waals surface area contributed by atoms with Crippen LogP contribution in [-0.4, -0.2) is 29.5 Å². The third-order valence-electron chi connectivity index (χ3n) is 3.95. The maximum Gasteiger partial charge on any atom is 0.209 e. The van der Waals surface area contributed by atoms with Crippen molar-refractivity contribution in [3.8, 4) is 11.3 Å². The summed E-state index contributed by atoms with van der Waals surface area (Å²) in [7, 11) is -3.43. The van der Waals surface area contributed by atoms with Gasteiger partial charge in [0.1, 0.15) is 0 Å². The number of sulfonamides is 1. The van der Waals surface area contributed by atoms with Crippen LogP contribution in [0, 0.1) is 0 Å². The zero-order valence-corrected chi connectivity index (χ0v) is 17.0. The summed E-state index contributed by atoms with van der Waals surface area (Å²) >= 11 is 7.54. The topological polar surface area (TPSA) is 78.0 Å². The average molecular weight is 422 g/mol. The number of imidazole rings is 1. The van der Waals surface area contributed by atoms with Crippen molar-refractivity contribution in [2.75, 3.05) is 11.5 Å². The predicted molar refractivity (Wildman–Crippen MR) is 112 cm³/mol. The Balaban J connectivity index is 1.85. The number of benzene rings is 2. The van der Waals surface area contributed by atoms with Gasteiger partial charge in [0.2, 0.25) is 10.0 Å². The molecule has 0 radical (unpaired) electrons. The van der Waals surface area contributed by atoms with Crippen LogP contribution in [0.1, 0.15) is 12.0 Å². The molecular weight excluding hydrogens is 402 g/mol. The van der Waals surface area contributed by atoms with Gasteiger partial charge in [0.05, 0.1) is 24.2 Å². The molecule has 2 aromatic carbocycles. The molecule has 2 N–H and O–H groups in total. The molecule has 0 fully saturated rings. The van der Waals surface area contributed by atoms with Gasteiger partial charge in [0.25, 0.3) is 0 Å². The lowest BCUT2D eigenvalue weighted by molar-refractivity contribution is 0.596. The van der Waals surface area contributed by atoms with Crippen molar-refractivity contribution in [1.82, 2.24) is 9.55 Å². The van der Waals surface area contributed by atoms with Gasteiger partial charge in [-0.1, -0.05) is 65.8 Å². The van der Waals surface area contributed by atoms with Crippen LogP contribution < -0.4 is 5.14 Å². The van der Waals surface area contributed by atoms with Crippen LogP contribution in [-0.2, 0) is 16.6 Å². The smallest absolute Gasteiger partial charge is 0.209 e. The predicted octanol–water partition coefficient (Wildman–Crippen LogP) is 4.02. The van der Waals surface area contributed by atoms with E-state index in [0.29, 0.717) is 23.7 Å². The summed E-state index contributed by atoms with van der Waals surface area (Å²) in [5, 5.41) is 6.60. The van der Waals surface area contributed by atoms with Crippen LogP contribution in [0.15, 0.2) is 66.0 Å². The Kier molecular flexibility index (Phi) is 6.59. The number of rotatable bonds is 8. The molecule has 0 aliphatic heterocycles. The zero-order chi connectivity index (χ0) is 19.3. The first-order chi connectivity index (χ1) is 12.9. The minimum Gasteiger partial charge on any atom is -0.314 e. The Hall–Kier alpha value is -1.80. The van der Waals surface area contributed by atoms with Crippen LogP contribution >= 0.6 is 23.4 Å². The Bertz CT molecular complexity index is 988. The number of hydrogen-bond acceptors (Lipinski definition) is 4. The van der Waals surface area contributed by atoms with Crippen molar-refractivity contribution < 1.29 is 8.42 Å². The Morgan fingerprint density at radius 2 is 1.78 bits per heavy atom. The molecule has 3 rings (SSSR count). The van der Waals surface area contributed by atoms with Gasteiger partial charge in [-0.05, 0) is 29.7 Å².